The molecular weight excluding hydrogens is 379 g/mol. The largest absolute Gasteiger partial charge is 0.416 e. The van der Waals surface area contributed by atoms with E-state index in [1.54, 1.807) is 24.3 Å². The number of nitrogens with one attached hydrogen (secondary N) is 2. The van der Waals surface area contributed by atoms with Crippen molar-refractivity contribution in [2.75, 3.05) is 6.54 Å². The van der Waals surface area contributed by atoms with E-state index < -0.39 is 30.6 Å². The van der Waals surface area contributed by atoms with Crippen molar-refractivity contribution in [2.45, 2.75) is 38.0 Å². The number of benzene rings is 2. The van der Waals surface area contributed by atoms with E-state index in [2.05, 4.69) is 10.6 Å². The van der Waals surface area contributed by atoms with E-state index in [4.69, 9.17) is 0 Å². The fourth-order valence-corrected chi connectivity index (χ4v) is 3.17. The first kappa shape index (κ1) is 20.3. The van der Waals surface area contributed by atoms with Crippen LogP contribution in [0.25, 0.3) is 11.1 Å². The van der Waals surface area contributed by atoms with Crippen LogP contribution in [0.3, 0.4) is 0 Å². The van der Waals surface area contributed by atoms with Gasteiger partial charge < -0.3 is 10.6 Å². The molecule has 1 aliphatic rings. The van der Waals surface area contributed by atoms with E-state index in [9.17, 15) is 26.7 Å². The van der Waals surface area contributed by atoms with Crippen molar-refractivity contribution in [3.8, 4) is 11.1 Å². The first-order chi connectivity index (χ1) is 13.3. The summed E-state index contributed by atoms with van der Waals surface area (Å²) in [6.45, 7) is -0.715. The fourth-order valence-electron chi connectivity index (χ4n) is 3.17. The normalized spacial score (nSPS) is 19.6. The second kappa shape index (κ2) is 8.26. The zero-order valence-electron chi connectivity index (χ0n) is 14.8. The first-order valence-corrected chi connectivity index (χ1v) is 8.78. The van der Waals surface area contributed by atoms with Crippen LogP contribution in [0.5, 0.6) is 0 Å². The van der Waals surface area contributed by atoms with Crippen LogP contribution in [0.4, 0.5) is 22.0 Å². The smallest absolute Gasteiger partial charge is 0.351 e. The van der Waals surface area contributed by atoms with Gasteiger partial charge in [0.1, 0.15) is 12.8 Å². The predicted molar refractivity (Wildman–Crippen MR) is 94.8 cm³/mol. The highest BCUT2D eigenvalue weighted by Gasteiger charge is 2.31. The van der Waals surface area contributed by atoms with Crippen LogP contribution in [0.15, 0.2) is 42.5 Å². The molecule has 8 heteroatoms. The van der Waals surface area contributed by atoms with Gasteiger partial charge in [0.2, 0.25) is 5.91 Å². The molecular formula is C20H19F5N2O. The van der Waals surface area contributed by atoms with Crippen molar-refractivity contribution >= 4 is 5.91 Å². The minimum Gasteiger partial charge on any atom is -0.351 e. The highest BCUT2D eigenvalue weighted by molar-refractivity contribution is 5.82. The third kappa shape index (κ3) is 4.86. The number of hydrogen-bond donors (Lipinski definition) is 2. The summed E-state index contributed by atoms with van der Waals surface area (Å²) in [7, 11) is 0. The van der Waals surface area contributed by atoms with Gasteiger partial charge in [-0.3, -0.25) is 4.79 Å². The van der Waals surface area contributed by atoms with E-state index >= 15 is 0 Å². The summed E-state index contributed by atoms with van der Waals surface area (Å²) < 4.78 is 65.4. The average Bonchev–Trinajstić information content (AvgIpc) is 3.11. The van der Waals surface area contributed by atoms with Gasteiger partial charge >= 0.3 is 6.18 Å². The molecule has 3 rings (SSSR count). The first-order valence-electron chi connectivity index (χ1n) is 8.78. The lowest BCUT2D eigenvalue weighted by Gasteiger charge is -2.13. The monoisotopic (exact) mass is 398 g/mol. The molecule has 0 aromatic heterocycles. The summed E-state index contributed by atoms with van der Waals surface area (Å²) in [5.41, 5.74) is 0.421. The predicted octanol–water partition coefficient (Wildman–Crippen LogP) is 4.16. The lowest BCUT2D eigenvalue weighted by Crippen LogP contribution is -2.39. The number of rotatable bonds is 5. The van der Waals surface area contributed by atoms with Crippen LogP contribution in [0, 0.1) is 0 Å². The summed E-state index contributed by atoms with van der Waals surface area (Å²) in [6.07, 6.45) is -5.51. The summed E-state index contributed by atoms with van der Waals surface area (Å²) >= 11 is 0. The molecule has 2 N–H and O–H groups in total. The molecule has 1 aliphatic heterocycles. The van der Waals surface area contributed by atoms with E-state index in [0.29, 0.717) is 11.1 Å². The minimum atomic E-state index is -4.58. The molecule has 3 nitrogen and oxygen atoms in total. The Morgan fingerprint density at radius 2 is 1.86 bits per heavy atom. The van der Waals surface area contributed by atoms with Gasteiger partial charge in [-0.2, -0.15) is 13.2 Å². The summed E-state index contributed by atoms with van der Waals surface area (Å²) in [6, 6.07) is 9.17. The van der Waals surface area contributed by atoms with Gasteiger partial charge in [-0.05, 0) is 46.5 Å². The topological polar surface area (TPSA) is 41.1 Å². The van der Waals surface area contributed by atoms with Crippen LogP contribution in [-0.2, 0) is 24.2 Å². The molecule has 2 atom stereocenters. The molecule has 1 heterocycles. The number of halogens is 5. The van der Waals surface area contributed by atoms with Crippen LogP contribution >= 0.6 is 0 Å². The fraction of sp³-hybridized carbons (Fsp3) is 0.350. The van der Waals surface area contributed by atoms with E-state index in [0.717, 1.165) is 12.1 Å². The molecule has 2 aromatic carbocycles. The second-order valence-corrected chi connectivity index (χ2v) is 6.76. The van der Waals surface area contributed by atoms with Gasteiger partial charge in [-0.25, -0.2) is 8.78 Å². The third-order valence-electron chi connectivity index (χ3n) is 4.60. The van der Waals surface area contributed by atoms with Gasteiger partial charge in [0.15, 0.2) is 0 Å². The molecule has 0 unspecified atom stereocenters. The van der Waals surface area contributed by atoms with Crippen molar-refractivity contribution < 1.29 is 26.7 Å². The minimum absolute atomic E-state index is 0.0587. The maximum Gasteiger partial charge on any atom is 0.416 e. The Labute approximate surface area is 158 Å². The van der Waals surface area contributed by atoms with E-state index in [1.807, 2.05) is 0 Å². The summed E-state index contributed by atoms with van der Waals surface area (Å²) in [5, 5.41) is 5.47. The Hall–Kier alpha value is -2.48. The molecule has 1 amide bonds. The van der Waals surface area contributed by atoms with Crippen LogP contribution in [-0.4, -0.2) is 24.7 Å². The number of amides is 1. The number of alkyl halides is 5. The lowest BCUT2D eigenvalue weighted by atomic mass is 9.98. The molecule has 0 aliphatic carbocycles. The molecule has 0 radical (unpaired) electrons. The SMILES string of the molecule is O=C(NCc1cccc(-c2cc(CF)cc(C(F)(F)F)c2)c1)[C@@H]1C[C@H](F)CN1. The van der Waals surface area contributed by atoms with Gasteiger partial charge in [0, 0.05) is 19.5 Å². The van der Waals surface area contributed by atoms with Crippen molar-refractivity contribution in [1.29, 1.82) is 0 Å². The van der Waals surface area contributed by atoms with Crippen molar-refractivity contribution in [1.82, 2.24) is 10.6 Å². The molecule has 1 fully saturated rings. The Morgan fingerprint density at radius 3 is 2.50 bits per heavy atom. The Bertz CT molecular complexity index is 853. The molecule has 0 bridgehead atoms. The van der Waals surface area contributed by atoms with Crippen LogP contribution in [0.1, 0.15) is 23.1 Å². The maximum absolute atomic E-state index is 13.2. The number of carbonyl (C=O) groups excluding carboxylic acids is 1. The van der Waals surface area contributed by atoms with Gasteiger partial charge in [0.05, 0.1) is 11.6 Å². The van der Waals surface area contributed by atoms with Crippen molar-refractivity contribution in [3.63, 3.8) is 0 Å². The highest BCUT2D eigenvalue weighted by atomic mass is 19.4. The standard InChI is InChI=1S/C20H19F5N2O/c21-9-13-5-15(7-16(6-13)20(23,24)25)14-3-1-2-12(4-14)10-27-19(28)18-8-17(22)11-26-18/h1-7,17-18,26H,8-11H2,(H,27,28)/t17-,18-/m0/s1. The van der Waals surface area contributed by atoms with Crippen LogP contribution in [0.2, 0.25) is 0 Å². The molecule has 150 valence electrons. The third-order valence-corrected chi connectivity index (χ3v) is 4.60. The van der Waals surface area contributed by atoms with E-state index in [-0.39, 0.29) is 36.5 Å². The highest BCUT2D eigenvalue weighted by Crippen LogP contribution is 2.34. The quantitative estimate of drug-likeness (QED) is 0.743. The molecule has 0 saturated carbocycles. The van der Waals surface area contributed by atoms with E-state index in [1.165, 1.54) is 6.07 Å². The Balaban J connectivity index is 1.77. The van der Waals surface area contributed by atoms with Gasteiger partial charge in [-0.15, -0.1) is 0 Å². The molecule has 2 aromatic rings. The average molecular weight is 398 g/mol. The van der Waals surface area contributed by atoms with Gasteiger partial charge in [0.25, 0.3) is 0 Å². The van der Waals surface area contributed by atoms with Crippen LogP contribution < -0.4 is 10.6 Å². The Morgan fingerprint density at radius 1 is 1.11 bits per heavy atom. The summed E-state index contributed by atoms with van der Waals surface area (Å²) in [4.78, 5) is 12.1. The summed E-state index contributed by atoms with van der Waals surface area (Å²) in [5.74, 6) is -0.329. The maximum atomic E-state index is 13.2. The van der Waals surface area contributed by atoms with Crippen molar-refractivity contribution in [3.05, 3.63) is 59.2 Å². The Kier molecular flexibility index (Phi) is 5.98. The molecule has 0 spiro atoms. The van der Waals surface area contributed by atoms with Gasteiger partial charge in [-0.1, -0.05) is 18.2 Å². The molecule has 1 saturated heterocycles. The number of carbonyl (C=O) groups is 1. The zero-order valence-corrected chi connectivity index (χ0v) is 14.8. The van der Waals surface area contributed by atoms with Crippen molar-refractivity contribution in [2.24, 2.45) is 0 Å². The zero-order chi connectivity index (χ0) is 20.3. The lowest BCUT2D eigenvalue weighted by molar-refractivity contribution is -0.137. The second-order valence-electron chi connectivity index (χ2n) is 6.76. The number of hydrogen-bond acceptors (Lipinski definition) is 2. The molecule has 28 heavy (non-hydrogen) atoms.